The number of rotatable bonds is 1. The minimum atomic E-state index is -2.91. The van der Waals surface area contributed by atoms with E-state index in [9.17, 15) is 8.42 Å². The first-order valence-corrected chi connectivity index (χ1v) is 6.74. The normalized spacial score (nSPS) is 42.3. The average Bonchev–Trinajstić information content (AvgIpc) is 2.52. The van der Waals surface area contributed by atoms with Gasteiger partial charge in [0.25, 0.3) is 0 Å². The summed E-state index contributed by atoms with van der Waals surface area (Å²) in [4.78, 5) is 0. The number of hydrogen-bond acceptors (Lipinski definition) is 2. The molecule has 2 unspecified atom stereocenters. The standard InChI is InChI=1S/C10H19NO2S/c1-9(2)6-5-7(10(9,3)4)8-11-14(8,12)13/h7-8,11H,5-6H2,1-4H3. The molecule has 82 valence electrons. The third kappa shape index (κ3) is 1.23. The van der Waals surface area contributed by atoms with Crippen LogP contribution in [-0.4, -0.2) is 13.8 Å². The van der Waals surface area contributed by atoms with Crippen molar-refractivity contribution in [2.45, 2.75) is 45.9 Å². The second-order valence-electron chi connectivity index (χ2n) is 5.83. The molecule has 0 radical (unpaired) electrons. The molecule has 3 nitrogen and oxygen atoms in total. The fourth-order valence-corrected chi connectivity index (χ4v) is 4.24. The highest BCUT2D eigenvalue weighted by molar-refractivity contribution is 7.96. The Labute approximate surface area is 86.3 Å². The van der Waals surface area contributed by atoms with E-state index in [-0.39, 0.29) is 22.1 Å². The fourth-order valence-electron chi connectivity index (χ4n) is 2.66. The van der Waals surface area contributed by atoms with Gasteiger partial charge in [-0.1, -0.05) is 27.7 Å². The van der Waals surface area contributed by atoms with Gasteiger partial charge < -0.3 is 0 Å². The van der Waals surface area contributed by atoms with Crippen LogP contribution in [0.5, 0.6) is 0 Å². The van der Waals surface area contributed by atoms with E-state index >= 15 is 0 Å². The number of sulfonamides is 1. The summed E-state index contributed by atoms with van der Waals surface area (Å²) in [6.45, 7) is 8.87. The van der Waals surface area contributed by atoms with Crippen molar-refractivity contribution in [3.8, 4) is 0 Å². The molecule has 0 spiro atoms. The third-order valence-electron chi connectivity index (χ3n) is 4.67. The van der Waals surface area contributed by atoms with Crippen molar-refractivity contribution in [1.29, 1.82) is 0 Å². The van der Waals surface area contributed by atoms with Crippen LogP contribution in [0.2, 0.25) is 0 Å². The molecular weight excluding hydrogens is 198 g/mol. The Morgan fingerprint density at radius 1 is 1.21 bits per heavy atom. The van der Waals surface area contributed by atoms with Crippen LogP contribution in [0.4, 0.5) is 0 Å². The van der Waals surface area contributed by atoms with Gasteiger partial charge in [-0.15, -0.1) is 0 Å². The summed E-state index contributed by atoms with van der Waals surface area (Å²) in [5.41, 5.74) is 0.353. The lowest BCUT2D eigenvalue weighted by Gasteiger charge is -2.38. The molecule has 2 fully saturated rings. The summed E-state index contributed by atoms with van der Waals surface area (Å²) in [6, 6.07) is 0. The molecule has 14 heavy (non-hydrogen) atoms. The van der Waals surface area contributed by atoms with Gasteiger partial charge in [0.2, 0.25) is 10.0 Å². The Hall–Kier alpha value is -0.0900. The molecule has 0 bridgehead atoms. The maximum Gasteiger partial charge on any atom is 0.230 e. The van der Waals surface area contributed by atoms with Crippen LogP contribution in [0.1, 0.15) is 40.5 Å². The lowest BCUT2D eigenvalue weighted by Crippen LogP contribution is -2.34. The zero-order valence-electron chi connectivity index (χ0n) is 9.29. The molecule has 1 saturated carbocycles. The van der Waals surface area contributed by atoms with Gasteiger partial charge in [-0.25, -0.2) is 8.42 Å². The monoisotopic (exact) mass is 217 g/mol. The van der Waals surface area contributed by atoms with Crippen LogP contribution in [0, 0.1) is 16.7 Å². The SMILES string of the molecule is CC1(C)CCC(C2NS2(=O)=O)C1(C)C. The van der Waals surface area contributed by atoms with E-state index in [0.29, 0.717) is 0 Å². The number of hydrogen-bond donors (Lipinski definition) is 1. The van der Waals surface area contributed by atoms with Crippen molar-refractivity contribution in [3.05, 3.63) is 0 Å². The Balaban J connectivity index is 2.25. The van der Waals surface area contributed by atoms with Gasteiger partial charge in [0, 0.05) is 0 Å². The second kappa shape index (κ2) is 2.53. The molecule has 1 aliphatic carbocycles. The first-order chi connectivity index (χ1) is 6.18. The van der Waals surface area contributed by atoms with E-state index in [1.807, 2.05) is 0 Å². The van der Waals surface area contributed by atoms with Gasteiger partial charge in [-0.2, -0.15) is 4.72 Å². The van der Waals surface area contributed by atoms with Crippen LogP contribution in [0.3, 0.4) is 0 Å². The zero-order valence-corrected chi connectivity index (χ0v) is 10.1. The Morgan fingerprint density at radius 3 is 2.00 bits per heavy atom. The van der Waals surface area contributed by atoms with Crippen LogP contribution in [-0.2, 0) is 10.0 Å². The van der Waals surface area contributed by atoms with Gasteiger partial charge in [0.15, 0.2) is 0 Å². The molecule has 0 aromatic rings. The predicted octanol–water partition coefficient (Wildman–Crippen LogP) is 1.71. The van der Waals surface area contributed by atoms with Gasteiger partial charge in [0.05, 0.1) is 0 Å². The van der Waals surface area contributed by atoms with Crippen molar-refractivity contribution >= 4 is 10.0 Å². The van der Waals surface area contributed by atoms with Crippen molar-refractivity contribution in [1.82, 2.24) is 4.72 Å². The van der Waals surface area contributed by atoms with E-state index in [4.69, 9.17) is 0 Å². The topological polar surface area (TPSA) is 56.1 Å². The highest BCUT2D eigenvalue weighted by atomic mass is 32.2. The smallest absolute Gasteiger partial charge is 0.211 e. The molecule has 2 rings (SSSR count). The lowest BCUT2D eigenvalue weighted by atomic mass is 9.67. The highest BCUT2D eigenvalue weighted by Crippen LogP contribution is 2.58. The molecule has 1 aliphatic heterocycles. The van der Waals surface area contributed by atoms with Crippen LogP contribution in [0.25, 0.3) is 0 Å². The lowest BCUT2D eigenvalue weighted by molar-refractivity contribution is 0.109. The Bertz CT molecular complexity index is 356. The van der Waals surface area contributed by atoms with Gasteiger partial charge >= 0.3 is 0 Å². The average molecular weight is 217 g/mol. The summed E-state index contributed by atoms with van der Waals surface area (Å²) in [5, 5.41) is -0.265. The first-order valence-electron chi connectivity index (χ1n) is 5.20. The Morgan fingerprint density at radius 2 is 1.71 bits per heavy atom. The van der Waals surface area contributed by atoms with Crippen molar-refractivity contribution < 1.29 is 8.42 Å². The molecule has 0 aromatic heterocycles. The second-order valence-corrected chi connectivity index (χ2v) is 7.67. The molecule has 0 aromatic carbocycles. The molecule has 1 saturated heterocycles. The van der Waals surface area contributed by atoms with E-state index in [1.165, 1.54) is 0 Å². The third-order valence-corrected chi connectivity index (χ3v) is 6.12. The summed E-state index contributed by atoms with van der Waals surface area (Å²) in [5.74, 6) is 0.280. The molecule has 2 atom stereocenters. The van der Waals surface area contributed by atoms with Crippen molar-refractivity contribution in [2.75, 3.05) is 0 Å². The number of nitrogens with one attached hydrogen (secondary N) is 1. The fraction of sp³-hybridized carbons (Fsp3) is 1.00. The molecular formula is C10H19NO2S. The van der Waals surface area contributed by atoms with Crippen molar-refractivity contribution in [2.24, 2.45) is 16.7 Å². The Kier molecular flexibility index (Phi) is 1.88. The van der Waals surface area contributed by atoms with Gasteiger partial charge in [-0.05, 0) is 29.6 Å². The maximum absolute atomic E-state index is 11.2. The highest BCUT2D eigenvalue weighted by Gasteiger charge is 2.60. The molecule has 0 amide bonds. The van der Waals surface area contributed by atoms with E-state index in [1.54, 1.807) is 0 Å². The first kappa shape index (κ1) is 10.4. The van der Waals surface area contributed by atoms with E-state index in [2.05, 4.69) is 32.4 Å². The quantitative estimate of drug-likeness (QED) is 0.680. The van der Waals surface area contributed by atoms with Gasteiger partial charge in [-0.3, -0.25) is 0 Å². The minimum Gasteiger partial charge on any atom is -0.211 e. The molecule has 1 N–H and O–H groups in total. The molecule has 2 aliphatic rings. The van der Waals surface area contributed by atoms with E-state index in [0.717, 1.165) is 12.8 Å². The van der Waals surface area contributed by atoms with Crippen molar-refractivity contribution in [3.63, 3.8) is 0 Å². The largest absolute Gasteiger partial charge is 0.230 e. The summed E-state index contributed by atoms with van der Waals surface area (Å²) in [6.07, 6.45) is 2.15. The minimum absolute atomic E-state index is 0.105. The van der Waals surface area contributed by atoms with Gasteiger partial charge in [0.1, 0.15) is 5.37 Å². The van der Waals surface area contributed by atoms with Crippen LogP contribution < -0.4 is 4.72 Å². The zero-order chi connectivity index (χ0) is 10.8. The van der Waals surface area contributed by atoms with Crippen LogP contribution >= 0.6 is 0 Å². The predicted molar refractivity (Wildman–Crippen MR) is 56.1 cm³/mol. The summed E-state index contributed by atoms with van der Waals surface area (Å²) >= 11 is 0. The summed E-state index contributed by atoms with van der Waals surface area (Å²) in [7, 11) is -2.91. The summed E-state index contributed by atoms with van der Waals surface area (Å²) < 4.78 is 25.1. The van der Waals surface area contributed by atoms with Crippen LogP contribution in [0.15, 0.2) is 0 Å². The molecule has 1 heterocycles. The maximum atomic E-state index is 11.2. The van der Waals surface area contributed by atoms with E-state index < -0.39 is 10.0 Å². The molecule has 4 heteroatoms.